The number of aliphatic hydroxyl groups is 1. The maximum Gasteiger partial charge on any atom is 0.323 e. The Labute approximate surface area is 295 Å². The van der Waals surface area contributed by atoms with E-state index in [1.807, 2.05) is 87.5 Å². The summed E-state index contributed by atoms with van der Waals surface area (Å²) < 4.78 is 19.2. The maximum absolute atomic E-state index is 13.2. The standard InChI is InChI=1S/C42H48N2O6/c1-28-37(26-44-23-9-14-36(44)40(47)50-42(2,3)4)48-41(49-38(28)32-17-15-29(27-45)16-18-32)34-21-19-31(20-22-34)35-13-8-10-30(24-35)25-43-39(46)33-11-6-5-7-12-33/h5-8,10-13,15-22,24,28,36-38,41,45H,9,14,23,25-27H2,1-4H3,(H,43,46). The lowest BCUT2D eigenvalue weighted by Gasteiger charge is -2.43. The fourth-order valence-electron chi connectivity index (χ4n) is 6.81. The van der Waals surface area contributed by atoms with Crippen molar-refractivity contribution in [2.75, 3.05) is 13.1 Å². The summed E-state index contributed by atoms with van der Waals surface area (Å²) in [6.07, 6.45) is 0.622. The van der Waals surface area contributed by atoms with Crippen LogP contribution in [-0.4, -0.2) is 52.7 Å². The van der Waals surface area contributed by atoms with Crippen LogP contribution in [-0.2, 0) is 32.2 Å². The van der Waals surface area contributed by atoms with Gasteiger partial charge >= 0.3 is 5.97 Å². The number of amides is 1. The molecule has 0 bridgehead atoms. The molecule has 0 saturated carbocycles. The van der Waals surface area contributed by atoms with Gasteiger partial charge in [0.15, 0.2) is 6.29 Å². The van der Waals surface area contributed by atoms with Crippen molar-refractivity contribution in [2.24, 2.45) is 5.92 Å². The number of carbonyl (C=O) groups is 2. The third kappa shape index (κ3) is 8.68. The summed E-state index contributed by atoms with van der Waals surface area (Å²) in [6, 6.07) is 33.2. The molecule has 1 amide bonds. The summed E-state index contributed by atoms with van der Waals surface area (Å²) >= 11 is 0. The first-order chi connectivity index (χ1) is 24.1. The topological polar surface area (TPSA) is 97.3 Å². The Morgan fingerprint density at radius 2 is 1.58 bits per heavy atom. The van der Waals surface area contributed by atoms with E-state index in [0.717, 1.165) is 52.8 Å². The van der Waals surface area contributed by atoms with Gasteiger partial charge in [0.05, 0.1) is 18.8 Å². The highest BCUT2D eigenvalue weighted by atomic mass is 16.7. The van der Waals surface area contributed by atoms with Crippen molar-refractivity contribution in [3.05, 3.63) is 131 Å². The van der Waals surface area contributed by atoms with Gasteiger partial charge in [0.1, 0.15) is 11.6 Å². The first kappa shape index (κ1) is 35.5. The molecular weight excluding hydrogens is 628 g/mol. The average Bonchev–Trinajstić information content (AvgIpc) is 3.60. The third-order valence-electron chi connectivity index (χ3n) is 9.51. The Morgan fingerprint density at radius 3 is 2.28 bits per heavy atom. The summed E-state index contributed by atoms with van der Waals surface area (Å²) in [5.74, 6) is -0.288. The molecule has 2 aliphatic rings. The number of rotatable bonds is 10. The number of ether oxygens (including phenoxy) is 3. The SMILES string of the molecule is CC1C(CN2CCCC2C(=O)OC(C)(C)C)OC(c2ccc(-c3cccc(CNC(=O)c4ccccc4)c3)cc2)OC1c1ccc(CO)cc1. The number of carbonyl (C=O) groups excluding carboxylic acids is 2. The molecule has 5 atom stereocenters. The lowest BCUT2D eigenvalue weighted by Crippen LogP contribution is -2.48. The first-order valence-electron chi connectivity index (χ1n) is 17.6. The second kappa shape index (κ2) is 15.7. The highest BCUT2D eigenvalue weighted by molar-refractivity contribution is 5.94. The minimum absolute atomic E-state index is 0.00416. The fraction of sp³-hybridized carbons (Fsp3) is 0.381. The molecule has 50 heavy (non-hydrogen) atoms. The Morgan fingerprint density at radius 1 is 0.860 bits per heavy atom. The predicted octanol–water partition coefficient (Wildman–Crippen LogP) is 7.37. The number of nitrogens with zero attached hydrogens (tertiary/aromatic N) is 1. The number of nitrogens with one attached hydrogen (secondary N) is 1. The molecule has 2 heterocycles. The van der Waals surface area contributed by atoms with Crippen LogP contribution < -0.4 is 5.32 Å². The summed E-state index contributed by atoms with van der Waals surface area (Å²) in [5, 5.41) is 12.6. The number of aliphatic hydroxyl groups excluding tert-OH is 1. The lowest BCUT2D eigenvalue weighted by molar-refractivity contribution is -0.276. The molecule has 4 aromatic rings. The summed E-state index contributed by atoms with van der Waals surface area (Å²) in [5.41, 5.74) is 5.95. The van der Waals surface area contributed by atoms with E-state index in [1.54, 1.807) is 12.1 Å². The first-order valence-corrected chi connectivity index (χ1v) is 17.6. The molecule has 8 heteroatoms. The van der Waals surface area contributed by atoms with Crippen molar-refractivity contribution < 1.29 is 28.9 Å². The molecule has 5 unspecified atom stereocenters. The Bertz CT molecular complexity index is 1740. The van der Waals surface area contributed by atoms with Crippen LogP contribution in [0.15, 0.2) is 103 Å². The maximum atomic E-state index is 13.2. The third-order valence-corrected chi connectivity index (χ3v) is 9.51. The Hall–Kier alpha value is -4.34. The van der Waals surface area contributed by atoms with Crippen LogP contribution in [0.1, 0.15) is 85.5 Å². The van der Waals surface area contributed by atoms with Crippen LogP contribution in [0, 0.1) is 5.92 Å². The van der Waals surface area contributed by atoms with Crippen LogP contribution >= 0.6 is 0 Å². The van der Waals surface area contributed by atoms with Crippen LogP contribution in [0.5, 0.6) is 0 Å². The van der Waals surface area contributed by atoms with Crippen molar-refractivity contribution in [3.8, 4) is 11.1 Å². The molecule has 2 saturated heterocycles. The van der Waals surface area contributed by atoms with Gasteiger partial charge in [-0.3, -0.25) is 14.5 Å². The van der Waals surface area contributed by atoms with Crippen molar-refractivity contribution in [1.29, 1.82) is 0 Å². The van der Waals surface area contributed by atoms with Crippen LogP contribution in [0.3, 0.4) is 0 Å². The molecule has 4 aromatic carbocycles. The zero-order valence-electron chi connectivity index (χ0n) is 29.4. The van der Waals surface area contributed by atoms with Gasteiger partial charge in [-0.25, -0.2) is 0 Å². The zero-order chi connectivity index (χ0) is 35.3. The number of esters is 1. The molecule has 2 N–H and O–H groups in total. The number of hydrogen-bond donors (Lipinski definition) is 2. The Balaban J connectivity index is 1.19. The van der Waals surface area contributed by atoms with Crippen molar-refractivity contribution in [2.45, 2.75) is 83.8 Å². The molecule has 2 fully saturated rings. The molecule has 262 valence electrons. The number of likely N-dealkylation sites (tertiary alicyclic amines) is 1. The smallest absolute Gasteiger partial charge is 0.323 e. The van der Waals surface area contributed by atoms with E-state index in [0.29, 0.717) is 18.7 Å². The van der Waals surface area contributed by atoms with Gasteiger partial charge in [-0.1, -0.05) is 91.9 Å². The van der Waals surface area contributed by atoms with Gasteiger partial charge in [0.25, 0.3) is 5.91 Å². The van der Waals surface area contributed by atoms with Gasteiger partial charge in [-0.2, -0.15) is 0 Å². The number of benzene rings is 4. The second-order valence-electron chi connectivity index (χ2n) is 14.4. The van der Waals surface area contributed by atoms with E-state index in [-0.39, 0.29) is 42.7 Å². The molecule has 0 spiro atoms. The van der Waals surface area contributed by atoms with E-state index < -0.39 is 11.9 Å². The molecule has 0 radical (unpaired) electrons. The van der Waals surface area contributed by atoms with E-state index in [1.165, 1.54) is 0 Å². The average molecular weight is 677 g/mol. The number of hydrogen-bond acceptors (Lipinski definition) is 7. The van der Waals surface area contributed by atoms with Crippen molar-refractivity contribution in [1.82, 2.24) is 10.2 Å². The molecule has 0 aromatic heterocycles. The van der Waals surface area contributed by atoms with Crippen LogP contribution in [0.2, 0.25) is 0 Å². The van der Waals surface area contributed by atoms with Gasteiger partial charge in [-0.15, -0.1) is 0 Å². The lowest BCUT2D eigenvalue weighted by atomic mass is 9.89. The van der Waals surface area contributed by atoms with Gasteiger partial charge < -0.3 is 24.6 Å². The van der Waals surface area contributed by atoms with Gasteiger partial charge in [-0.05, 0) is 86.2 Å². The van der Waals surface area contributed by atoms with Gasteiger partial charge in [0, 0.05) is 30.1 Å². The normalized spacial score (nSPS) is 22.6. The van der Waals surface area contributed by atoms with Crippen LogP contribution in [0.4, 0.5) is 0 Å². The van der Waals surface area contributed by atoms with Crippen molar-refractivity contribution >= 4 is 11.9 Å². The predicted molar refractivity (Wildman–Crippen MR) is 193 cm³/mol. The largest absolute Gasteiger partial charge is 0.459 e. The molecule has 2 aliphatic heterocycles. The minimum Gasteiger partial charge on any atom is -0.459 e. The van der Waals surface area contributed by atoms with E-state index in [2.05, 4.69) is 41.4 Å². The summed E-state index contributed by atoms with van der Waals surface area (Å²) in [4.78, 5) is 27.9. The molecule has 0 aliphatic carbocycles. The summed E-state index contributed by atoms with van der Waals surface area (Å²) in [7, 11) is 0. The molecule has 8 nitrogen and oxygen atoms in total. The summed E-state index contributed by atoms with van der Waals surface area (Å²) in [6.45, 7) is 9.65. The fourth-order valence-corrected chi connectivity index (χ4v) is 6.81. The molecule has 6 rings (SSSR count). The second-order valence-corrected chi connectivity index (χ2v) is 14.4. The minimum atomic E-state index is -0.616. The van der Waals surface area contributed by atoms with E-state index in [9.17, 15) is 14.7 Å². The van der Waals surface area contributed by atoms with Crippen molar-refractivity contribution in [3.63, 3.8) is 0 Å². The van der Waals surface area contributed by atoms with E-state index >= 15 is 0 Å². The van der Waals surface area contributed by atoms with E-state index in [4.69, 9.17) is 14.2 Å². The quantitative estimate of drug-likeness (QED) is 0.169. The van der Waals surface area contributed by atoms with Gasteiger partial charge in [0.2, 0.25) is 0 Å². The van der Waals surface area contributed by atoms with Crippen LogP contribution in [0.25, 0.3) is 11.1 Å². The highest BCUT2D eigenvalue weighted by Gasteiger charge is 2.42. The highest BCUT2D eigenvalue weighted by Crippen LogP contribution is 2.42. The molecular formula is C42H48N2O6. The zero-order valence-corrected chi connectivity index (χ0v) is 29.4. The Kier molecular flexibility index (Phi) is 11.1. The monoisotopic (exact) mass is 676 g/mol.